The van der Waals surface area contributed by atoms with E-state index in [4.69, 9.17) is 11.6 Å². The van der Waals surface area contributed by atoms with Crippen molar-refractivity contribution in [3.63, 3.8) is 0 Å². The van der Waals surface area contributed by atoms with E-state index in [0.29, 0.717) is 21.3 Å². The van der Waals surface area contributed by atoms with E-state index in [1.807, 2.05) is 30.3 Å². The Morgan fingerprint density at radius 1 is 1.22 bits per heavy atom. The summed E-state index contributed by atoms with van der Waals surface area (Å²) in [4.78, 5) is 24.3. The summed E-state index contributed by atoms with van der Waals surface area (Å²) in [6.45, 7) is 0. The Labute approximate surface area is 166 Å². The molecule has 1 atom stereocenters. The smallest absolute Gasteiger partial charge is 0.234 e. The van der Waals surface area contributed by atoms with Crippen molar-refractivity contribution in [2.75, 3.05) is 11.1 Å². The molecule has 2 aromatic carbocycles. The van der Waals surface area contributed by atoms with Gasteiger partial charge >= 0.3 is 0 Å². The lowest BCUT2D eigenvalue weighted by atomic mass is 9.87. The van der Waals surface area contributed by atoms with Gasteiger partial charge in [-0.3, -0.25) is 9.59 Å². The quantitative estimate of drug-likeness (QED) is 0.797. The fourth-order valence-electron chi connectivity index (χ4n) is 2.81. The number of rotatable bonds is 5. The van der Waals surface area contributed by atoms with E-state index < -0.39 is 5.92 Å². The molecule has 27 heavy (non-hydrogen) atoms. The standard InChI is InChI=1S/C20H16ClN3O2S/c21-17-9-5-4-8-14(17)15-10-18(25)24-20(16(15)11-22)27-12-19(26)23-13-6-2-1-3-7-13/h1-9,15H,10,12H2,(H,23,26)(H,24,25)/t15-/m0/s1. The zero-order valence-electron chi connectivity index (χ0n) is 14.2. The summed E-state index contributed by atoms with van der Waals surface area (Å²) in [5.74, 6) is -0.766. The molecule has 3 rings (SSSR count). The number of nitriles is 1. The van der Waals surface area contributed by atoms with Gasteiger partial charge < -0.3 is 10.6 Å². The van der Waals surface area contributed by atoms with Gasteiger partial charge in [0.1, 0.15) is 0 Å². The predicted molar refractivity (Wildman–Crippen MR) is 107 cm³/mol. The molecule has 2 amide bonds. The lowest BCUT2D eigenvalue weighted by Gasteiger charge is -2.25. The lowest BCUT2D eigenvalue weighted by molar-refractivity contribution is -0.121. The Balaban J connectivity index is 1.77. The van der Waals surface area contributed by atoms with Crippen molar-refractivity contribution in [3.05, 3.63) is 75.8 Å². The summed E-state index contributed by atoms with van der Waals surface area (Å²) < 4.78 is 0. The number of halogens is 1. The van der Waals surface area contributed by atoms with Gasteiger partial charge in [-0.1, -0.05) is 59.8 Å². The van der Waals surface area contributed by atoms with Crippen LogP contribution >= 0.6 is 23.4 Å². The highest BCUT2D eigenvalue weighted by Crippen LogP contribution is 2.38. The Morgan fingerprint density at radius 3 is 2.63 bits per heavy atom. The van der Waals surface area contributed by atoms with Crippen LogP contribution in [0.4, 0.5) is 5.69 Å². The third-order valence-corrected chi connectivity index (χ3v) is 5.40. The van der Waals surface area contributed by atoms with Crippen LogP contribution in [0.25, 0.3) is 0 Å². The maximum absolute atomic E-state index is 12.2. The molecule has 1 aliphatic heterocycles. The van der Waals surface area contributed by atoms with Gasteiger partial charge in [0.15, 0.2) is 0 Å². The van der Waals surface area contributed by atoms with Crippen LogP contribution in [0.3, 0.4) is 0 Å². The first-order valence-electron chi connectivity index (χ1n) is 8.24. The van der Waals surface area contributed by atoms with Crippen molar-refractivity contribution in [1.82, 2.24) is 5.32 Å². The molecule has 1 aliphatic rings. The molecular weight excluding hydrogens is 382 g/mol. The molecule has 7 heteroatoms. The number of hydrogen-bond donors (Lipinski definition) is 2. The summed E-state index contributed by atoms with van der Waals surface area (Å²) in [6, 6.07) is 18.4. The average molecular weight is 398 g/mol. The molecule has 0 fully saturated rings. The number of nitrogens with zero attached hydrogens (tertiary/aromatic N) is 1. The number of allylic oxidation sites excluding steroid dienone is 1. The highest BCUT2D eigenvalue weighted by Gasteiger charge is 2.30. The number of hydrogen-bond acceptors (Lipinski definition) is 4. The summed E-state index contributed by atoms with van der Waals surface area (Å²) in [6.07, 6.45) is 0.146. The summed E-state index contributed by atoms with van der Waals surface area (Å²) >= 11 is 7.39. The van der Waals surface area contributed by atoms with Crippen molar-refractivity contribution >= 4 is 40.9 Å². The van der Waals surface area contributed by atoms with Crippen LogP contribution in [0.5, 0.6) is 0 Å². The van der Waals surface area contributed by atoms with Crippen LogP contribution in [-0.2, 0) is 9.59 Å². The van der Waals surface area contributed by atoms with E-state index in [1.54, 1.807) is 24.3 Å². The van der Waals surface area contributed by atoms with Crippen molar-refractivity contribution in [3.8, 4) is 6.07 Å². The first kappa shape index (κ1) is 19.0. The number of carbonyl (C=O) groups is 2. The minimum atomic E-state index is -0.419. The summed E-state index contributed by atoms with van der Waals surface area (Å²) in [5.41, 5.74) is 1.84. The van der Waals surface area contributed by atoms with Gasteiger partial charge in [-0.15, -0.1) is 0 Å². The molecule has 0 spiro atoms. The van der Waals surface area contributed by atoms with Crippen LogP contribution in [0.1, 0.15) is 17.9 Å². The SMILES string of the molecule is N#CC1=C(SCC(=O)Nc2ccccc2)NC(=O)C[C@H]1c1ccccc1Cl. The molecule has 0 saturated carbocycles. The van der Waals surface area contributed by atoms with Crippen LogP contribution in [0.2, 0.25) is 5.02 Å². The Bertz CT molecular complexity index is 938. The molecule has 2 aromatic rings. The normalized spacial score (nSPS) is 16.4. The van der Waals surface area contributed by atoms with Crippen molar-refractivity contribution < 1.29 is 9.59 Å². The predicted octanol–water partition coefficient (Wildman–Crippen LogP) is 4.05. The van der Waals surface area contributed by atoms with Gasteiger partial charge in [0.05, 0.1) is 22.4 Å². The van der Waals surface area contributed by atoms with Crippen LogP contribution < -0.4 is 10.6 Å². The summed E-state index contributed by atoms with van der Waals surface area (Å²) in [5, 5.41) is 16.1. The Hall–Kier alpha value is -2.75. The van der Waals surface area contributed by atoms with Crippen LogP contribution in [0, 0.1) is 11.3 Å². The van der Waals surface area contributed by atoms with Crippen molar-refractivity contribution in [1.29, 1.82) is 5.26 Å². The molecule has 0 radical (unpaired) electrons. The van der Waals surface area contributed by atoms with E-state index in [-0.39, 0.29) is 24.0 Å². The van der Waals surface area contributed by atoms with Crippen molar-refractivity contribution in [2.45, 2.75) is 12.3 Å². The van der Waals surface area contributed by atoms with Gasteiger partial charge in [0, 0.05) is 23.0 Å². The molecule has 0 unspecified atom stereocenters. The van der Waals surface area contributed by atoms with E-state index in [0.717, 1.165) is 17.3 Å². The monoisotopic (exact) mass is 397 g/mol. The van der Waals surface area contributed by atoms with E-state index >= 15 is 0 Å². The molecule has 5 nitrogen and oxygen atoms in total. The number of amides is 2. The first-order valence-corrected chi connectivity index (χ1v) is 9.61. The van der Waals surface area contributed by atoms with Crippen LogP contribution in [0.15, 0.2) is 65.2 Å². The second kappa shape index (κ2) is 8.76. The zero-order valence-corrected chi connectivity index (χ0v) is 15.8. The van der Waals surface area contributed by atoms with E-state index in [2.05, 4.69) is 16.7 Å². The van der Waals surface area contributed by atoms with E-state index in [9.17, 15) is 14.9 Å². The minimum absolute atomic E-state index is 0.0743. The van der Waals surface area contributed by atoms with Crippen molar-refractivity contribution in [2.24, 2.45) is 0 Å². The second-order valence-corrected chi connectivity index (χ2v) is 7.28. The molecule has 0 aromatic heterocycles. The number of anilines is 1. The molecule has 0 aliphatic carbocycles. The third-order valence-electron chi connectivity index (χ3n) is 4.04. The highest BCUT2D eigenvalue weighted by atomic mass is 35.5. The number of nitrogens with one attached hydrogen (secondary N) is 2. The Kier molecular flexibility index (Phi) is 6.17. The molecule has 2 N–H and O–H groups in total. The Morgan fingerprint density at radius 2 is 1.93 bits per heavy atom. The number of para-hydroxylation sites is 1. The topological polar surface area (TPSA) is 82.0 Å². The molecule has 0 bridgehead atoms. The largest absolute Gasteiger partial charge is 0.325 e. The van der Waals surface area contributed by atoms with E-state index in [1.165, 1.54) is 0 Å². The van der Waals surface area contributed by atoms with Gasteiger partial charge in [-0.05, 0) is 23.8 Å². The van der Waals surface area contributed by atoms with Crippen LogP contribution in [-0.4, -0.2) is 17.6 Å². The lowest BCUT2D eigenvalue weighted by Crippen LogP contribution is -2.31. The summed E-state index contributed by atoms with van der Waals surface area (Å²) in [7, 11) is 0. The minimum Gasteiger partial charge on any atom is -0.325 e. The second-order valence-electron chi connectivity index (χ2n) is 5.88. The molecule has 136 valence electrons. The number of thioether (sulfide) groups is 1. The first-order chi connectivity index (χ1) is 13.1. The fraction of sp³-hybridized carbons (Fsp3) is 0.150. The molecule has 1 heterocycles. The zero-order chi connectivity index (χ0) is 19.2. The average Bonchev–Trinajstić information content (AvgIpc) is 2.67. The maximum atomic E-state index is 12.2. The molecule has 0 saturated heterocycles. The fourth-order valence-corrected chi connectivity index (χ4v) is 3.96. The van der Waals surface area contributed by atoms with Gasteiger partial charge in [0.25, 0.3) is 0 Å². The highest BCUT2D eigenvalue weighted by molar-refractivity contribution is 8.03. The van der Waals surface area contributed by atoms with Gasteiger partial charge in [-0.25, -0.2) is 0 Å². The molecular formula is C20H16ClN3O2S. The third kappa shape index (κ3) is 4.70. The van der Waals surface area contributed by atoms with Gasteiger partial charge in [0.2, 0.25) is 11.8 Å². The van der Waals surface area contributed by atoms with Gasteiger partial charge in [-0.2, -0.15) is 5.26 Å². The number of carbonyl (C=O) groups excluding carboxylic acids is 2. The number of benzene rings is 2. The maximum Gasteiger partial charge on any atom is 0.234 e.